The van der Waals surface area contributed by atoms with Crippen molar-refractivity contribution in [3.8, 4) is 11.3 Å². The number of hydrogen-bond donors (Lipinski definition) is 1. The highest BCUT2D eigenvalue weighted by Crippen LogP contribution is 2.34. The van der Waals surface area contributed by atoms with Gasteiger partial charge in [-0.2, -0.15) is 35.7 Å². The molecule has 0 unspecified atom stereocenters. The van der Waals surface area contributed by atoms with Crippen LogP contribution in [-0.2, 0) is 35.8 Å². The molecule has 212 valence electrons. The van der Waals surface area contributed by atoms with Gasteiger partial charge in [-0.25, -0.2) is 13.4 Å². The topological polar surface area (TPSA) is 102 Å². The SMILES string of the molecule is Cc1c(-c2ccc(CNC(=O)c3c(C(F)(F)F)nc4ccccn34)cc2)nn2c1CN(S(=O)(=O)C(F)(F)F)CC2. The number of nitrogens with zero attached hydrogens (tertiary/aromatic N) is 5. The highest BCUT2D eigenvalue weighted by atomic mass is 32.2. The van der Waals surface area contributed by atoms with Gasteiger partial charge in [-0.15, -0.1) is 0 Å². The van der Waals surface area contributed by atoms with Gasteiger partial charge >= 0.3 is 21.7 Å². The molecule has 1 aromatic carbocycles. The van der Waals surface area contributed by atoms with Crippen LogP contribution in [0.3, 0.4) is 0 Å². The lowest BCUT2D eigenvalue weighted by Crippen LogP contribution is -2.44. The van der Waals surface area contributed by atoms with Crippen molar-refractivity contribution in [3.63, 3.8) is 0 Å². The third kappa shape index (κ3) is 4.81. The van der Waals surface area contributed by atoms with Crippen molar-refractivity contribution in [1.29, 1.82) is 0 Å². The number of aromatic nitrogens is 4. The minimum atomic E-state index is -5.48. The second-order valence-corrected chi connectivity index (χ2v) is 11.0. The molecule has 0 saturated carbocycles. The van der Waals surface area contributed by atoms with E-state index in [0.29, 0.717) is 32.4 Å². The molecule has 0 spiro atoms. The van der Waals surface area contributed by atoms with Crippen LogP contribution in [0.5, 0.6) is 0 Å². The number of nitrogens with one attached hydrogen (secondary N) is 1. The van der Waals surface area contributed by atoms with Gasteiger partial charge in [-0.1, -0.05) is 30.3 Å². The van der Waals surface area contributed by atoms with Gasteiger partial charge in [0.1, 0.15) is 11.3 Å². The lowest BCUT2D eigenvalue weighted by atomic mass is 10.0. The van der Waals surface area contributed by atoms with Gasteiger partial charge in [-0.3, -0.25) is 13.9 Å². The monoisotopic (exact) mass is 586 g/mol. The summed E-state index contributed by atoms with van der Waals surface area (Å²) < 4.78 is 106. The number of carbonyl (C=O) groups excluding carboxylic acids is 1. The summed E-state index contributed by atoms with van der Waals surface area (Å²) in [5.74, 6) is -0.967. The molecule has 4 heterocycles. The highest BCUT2D eigenvalue weighted by Gasteiger charge is 2.50. The van der Waals surface area contributed by atoms with E-state index < -0.39 is 45.5 Å². The Hall–Kier alpha value is -3.92. The van der Waals surface area contributed by atoms with E-state index in [-0.39, 0.29) is 25.3 Å². The molecular weight excluding hydrogens is 566 g/mol. The zero-order valence-electron chi connectivity index (χ0n) is 20.6. The molecule has 5 rings (SSSR count). The number of hydrogen-bond acceptors (Lipinski definition) is 5. The minimum absolute atomic E-state index is 0.0263. The molecule has 16 heteroatoms. The molecule has 0 fully saturated rings. The van der Waals surface area contributed by atoms with Gasteiger partial charge in [-0.05, 0) is 30.2 Å². The molecule has 0 saturated heterocycles. The lowest BCUT2D eigenvalue weighted by molar-refractivity contribution is -0.141. The number of rotatable bonds is 5. The summed E-state index contributed by atoms with van der Waals surface area (Å²) in [7, 11) is -5.48. The molecule has 3 aromatic heterocycles. The van der Waals surface area contributed by atoms with Crippen molar-refractivity contribution in [2.45, 2.75) is 38.2 Å². The average Bonchev–Trinajstić information content (AvgIpc) is 3.45. The summed E-state index contributed by atoms with van der Waals surface area (Å²) in [5, 5.41) is 6.90. The molecule has 0 radical (unpaired) electrons. The van der Waals surface area contributed by atoms with E-state index in [1.165, 1.54) is 29.1 Å². The molecular formula is C24H20F6N6O3S. The molecule has 1 amide bonds. The van der Waals surface area contributed by atoms with Gasteiger partial charge < -0.3 is 5.32 Å². The van der Waals surface area contributed by atoms with Crippen molar-refractivity contribution in [2.24, 2.45) is 0 Å². The minimum Gasteiger partial charge on any atom is -0.347 e. The fourth-order valence-electron chi connectivity index (χ4n) is 4.51. The Morgan fingerprint density at radius 2 is 1.73 bits per heavy atom. The van der Waals surface area contributed by atoms with Gasteiger partial charge in [0, 0.05) is 24.8 Å². The predicted octanol–water partition coefficient (Wildman–Crippen LogP) is 4.12. The van der Waals surface area contributed by atoms with Gasteiger partial charge in [0.05, 0.1) is 24.5 Å². The number of halogens is 6. The highest BCUT2D eigenvalue weighted by molar-refractivity contribution is 7.89. The maximum Gasteiger partial charge on any atom is 0.511 e. The fourth-order valence-corrected chi connectivity index (χ4v) is 5.41. The summed E-state index contributed by atoms with van der Waals surface area (Å²) in [6.45, 7) is 0.614. The maximum absolute atomic E-state index is 13.5. The van der Waals surface area contributed by atoms with Crippen molar-refractivity contribution in [1.82, 2.24) is 28.8 Å². The number of fused-ring (bicyclic) bond motifs is 2. The number of amides is 1. The normalized spacial score (nSPS) is 14.9. The third-order valence-corrected chi connectivity index (χ3v) is 8.11. The van der Waals surface area contributed by atoms with Crippen molar-refractivity contribution in [2.75, 3.05) is 6.54 Å². The first-order valence-corrected chi connectivity index (χ1v) is 13.2. The van der Waals surface area contributed by atoms with Crippen LogP contribution in [0.4, 0.5) is 26.3 Å². The molecule has 1 aliphatic rings. The molecule has 1 aliphatic heterocycles. The van der Waals surface area contributed by atoms with Crippen LogP contribution in [0.1, 0.15) is 33.0 Å². The third-order valence-electron chi connectivity index (χ3n) is 6.53. The number of carbonyl (C=O) groups is 1. The quantitative estimate of drug-likeness (QED) is 0.355. The molecule has 0 bridgehead atoms. The van der Waals surface area contributed by atoms with Crippen LogP contribution in [0.15, 0.2) is 48.7 Å². The molecule has 1 N–H and O–H groups in total. The Morgan fingerprint density at radius 1 is 1.02 bits per heavy atom. The van der Waals surface area contributed by atoms with Crippen molar-refractivity contribution in [3.05, 3.63) is 76.9 Å². The lowest BCUT2D eigenvalue weighted by Gasteiger charge is -2.27. The zero-order valence-corrected chi connectivity index (χ0v) is 21.4. The van der Waals surface area contributed by atoms with Crippen LogP contribution in [0, 0.1) is 6.92 Å². The smallest absolute Gasteiger partial charge is 0.347 e. The Kier molecular flexibility index (Phi) is 6.65. The summed E-state index contributed by atoms with van der Waals surface area (Å²) in [6, 6.07) is 10.9. The van der Waals surface area contributed by atoms with Crippen LogP contribution < -0.4 is 5.32 Å². The number of benzene rings is 1. The zero-order chi connectivity index (χ0) is 29.0. The van der Waals surface area contributed by atoms with Gasteiger partial charge in [0.2, 0.25) is 0 Å². The van der Waals surface area contributed by atoms with E-state index in [1.807, 2.05) is 0 Å². The largest absolute Gasteiger partial charge is 0.511 e. The Labute approximate surface area is 223 Å². The number of pyridine rings is 1. The van der Waals surface area contributed by atoms with Crippen LogP contribution in [0.25, 0.3) is 16.9 Å². The summed E-state index contributed by atoms with van der Waals surface area (Å²) in [4.78, 5) is 16.3. The van der Waals surface area contributed by atoms with Crippen LogP contribution in [0.2, 0.25) is 0 Å². The molecule has 4 aromatic rings. The second-order valence-electron chi connectivity index (χ2n) is 9.04. The van der Waals surface area contributed by atoms with E-state index in [9.17, 15) is 39.6 Å². The molecule has 0 aliphatic carbocycles. The van der Waals surface area contributed by atoms with E-state index in [1.54, 1.807) is 31.2 Å². The number of imidazole rings is 1. The predicted molar refractivity (Wildman–Crippen MR) is 129 cm³/mol. The van der Waals surface area contributed by atoms with Crippen molar-refractivity contribution < 1.29 is 39.6 Å². The summed E-state index contributed by atoms with van der Waals surface area (Å²) in [5.41, 5.74) is -4.94. The Balaban J connectivity index is 1.33. The summed E-state index contributed by atoms with van der Waals surface area (Å²) >= 11 is 0. The Morgan fingerprint density at radius 3 is 2.38 bits per heavy atom. The van der Waals surface area contributed by atoms with E-state index in [0.717, 1.165) is 4.40 Å². The average molecular weight is 587 g/mol. The van der Waals surface area contributed by atoms with Crippen LogP contribution >= 0.6 is 0 Å². The van der Waals surface area contributed by atoms with Gasteiger partial charge in [0.25, 0.3) is 5.91 Å². The first-order valence-electron chi connectivity index (χ1n) is 11.7. The molecule has 40 heavy (non-hydrogen) atoms. The van der Waals surface area contributed by atoms with E-state index in [4.69, 9.17) is 0 Å². The number of alkyl halides is 6. The van der Waals surface area contributed by atoms with E-state index >= 15 is 0 Å². The fraction of sp³-hybridized carbons (Fsp3) is 0.292. The Bertz CT molecular complexity index is 1710. The molecule has 0 atom stereocenters. The van der Waals surface area contributed by atoms with E-state index in [2.05, 4.69) is 15.4 Å². The first kappa shape index (κ1) is 27.6. The van der Waals surface area contributed by atoms with Crippen LogP contribution in [-0.4, -0.2) is 49.8 Å². The second kappa shape index (κ2) is 9.62. The summed E-state index contributed by atoms with van der Waals surface area (Å²) in [6.07, 6.45) is -3.53. The van der Waals surface area contributed by atoms with Gasteiger partial charge in [0.15, 0.2) is 5.69 Å². The standard InChI is InChI=1S/C24H20F6N6O3S/c1-14-17-13-34(40(38,39)24(28,29)30)10-11-36(17)33-19(14)16-7-5-15(6-8-16)12-31-22(37)20-21(23(25,26)27)32-18-4-2-3-9-35(18)20/h2-9H,10-13H2,1H3,(H,31,37). The van der Waals surface area contributed by atoms with Crippen molar-refractivity contribution >= 4 is 21.6 Å². The molecule has 9 nitrogen and oxygen atoms in total. The number of sulfonamides is 1. The maximum atomic E-state index is 13.5. The first-order chi connectivity index (χ1) is 18.7.